The zero-order valence-electron chi connectivity index (χ0n) is 19.2. The topological polar surface area (TPSA) is 40.5 Å². The second-order valence-electron chi connectivity index (χ2n) is 13.4. The van der Waals surface area contributed by atoms with Crippen molar-refractivity contribution in [1.29, 1.82) is 0 Å². The van der Waals surface area contributed by atoms with E-state index in [-0.39, 0.29) is 0 Å². The molecule has 8 fully saturated rings. The fourth-order valence-corrected chi connectivity index (χ4v) is 11.1. The second kappa shape index (κ2) is 6.05. The third-order valence-electron chi connectivity index (χ3n) is 11.3. The first kappa shape index (κ1) is 18.7. The van der Waals surface area contributed by atoms with Gasteiger partial charge in [0.25, 0.3) is 0 Å². The predicted octanol–water partition coefficient (Wildman–Crippen LogP) is 7.19. The first-order chi connectivity index (χ1) is 15.5. The number of phenolic OH excluding ortho intramolecular Hbond substituents is 2. The van der Waals surface area contributed by atoms with Gasteiger partial charge in [0, 0.05) is 10.8 Å². The molecule has 2 nitrogen and oxygen atoms in total. The number of phenols is 2. The maximum Gasteiger partial charge on any atom is 0.123 e. The Morgan fingerprint density at radius 3 is 1.06 bits per heavy atom. The minimum absolute atomic E-state index is 0.319. The summed E-state index contributed by atoms with van der Waals surface area (Å²) < 4.78 is 0. The molecule has 2 N–H and O–H groups in total. The molecule has 0 amide bonds. The molecule has 2 aromatic carbocycles. The summed E-state index contributed by atoms with van der Waals surface area (Å²) in [4.78, 5) is 0. The third kappa shape index (κ3) is 2.42. The predicted molar refractivity (Wildman–Crippen MR) is 127 cm³/mol. The third-order valence-corrected chi connectivity index (χ3v) is 11.3. The highest BCUT2D eigenvalue weighted by Crippen LogP contribution is 2.66. The van der Waals surface area contributed by atoms with Crippen LogP contribution in [0.4, 0.5) is 0 Å². The van der Waals surface area contributed by atoms with Gasteiger partial charge in [-0.05, 0) is 159 Å². The summed E-state index contributed by atoms with van der Waals surface area (Å²) in [5.41, 5.74) is 3.85. The average molecular weight is 429 g/mol. The molecule has 8 bridgehead atoms. The van der Waals surface area contributed by atoms with Crippen molar-refractivity contribution in [3.05, 3.63) is 35.4 Å². The van der Waals surface area contributed by atoms with Crippen LogP contribution >= 0.6 is 0 Å². The van der Waals surface area contributed by atoms with Gasteiger partial charge in [0.2, 0.25) is 0 Å². The lowest BCUT2D eigenvalue weighted by atomic mass is 9.44. The van der Waals surface area contributed by atoms with Crippen molar-refractivity contribution in [1.82, 2.24) is 0 Å². The summed E-state index contributed by atoms with van der Waals surface area (Å²) in [7, 11) is 0. The SMILES string of the molecule is Oc1ccc(O)c2cc(C34CC5CC(CC(C5)C3)C4)c(C34CC5CC(CC(C5)C3)C4)cc12. The van der Waals surface area contributed by atoms with Crippen molar-refractivity contribution in [3.63, 3.8) is 0 Å². The standard InChI is InChI=1S/C30H36O2/c31-27-1-2-28(32)24-10-26(30-14-20-6-21(15-30)8-22(7-20)16-30)25(9-23(24)27)29-11-17-3-18(12-29)5-19(4-17)13-29/h1-2,9-10,17-22,31-32H,3-8,11-16H2. The molecule has 0 atom stereocenters. The molecule has 2 heteroatoms. The summed E-state index contributed by atoms with van der Waals surface area (Å²) in [6.45, 7) is 0. The molecule has 0 saturated heterocycles. The summed E-state index contributed by atoms with van der Waals surface area (Å²) in [5.74, 6) is 6.16. The molecule has 0 spiro atoms. The monoisotopic (exact) mass is 428 g/mol. The number of fused-ring (bicyclic) bond motifs is 1. The zero-order chi connectivity index (χ0) is 21.2. The van der Waals surface area contributed by atoms with Gasteiger partial charge < -0.3 is 10.2 Å². The van der Waals surface area contributed by atoms with Gasteiger partial charge in [0.15, 0.2) is 0 Å². The highest BCUT2D eigenvalue weighted by Gasteiger charge is 2.56. The summed E-state index contributed by atoms with van der Waals surface area (Å²) in [6, 6.07) is 8.13. The Bertz CT molecular complexity index is 968. The fraction of sp³-hybridized carbons (Fsp3) is 0.667. The lowest BCUT2D eigenvalue weighted by Gasteiger charge is -2.61. The smallest absolute Gasteiger partial charge is 0.123 e. The molecule has 0 heterocycles. The molecule has 0 aliphatic heterocycles. The average Bonchev–Trinajstić information content (AvgIpc) is 2.74. The molecule has 8 aliphatic carbocycles. The van der Waals surface area contributed by atoms with Gasteiger partial charge in [-0.3, -0.25) is 0 Å². The van der Waals surface area contributed by atoms with Crippen LogP contribution in [0.2, 0.25) is 0 Å². The quantitative estimate of drug-likeness (QED) is 0.497. The Labute approximate surface area is 191 Å². The van der Waals surface area contributed by atoms with Crippen LogP contribution in [0.25, 0.3) is 10.8 Å². The highest BCUT2D eigenvalue weighted by atomic mass is 16.3. The van der Waals surface area contributed by atoms with E-state index in [9.17, 15) is 10.2 Å². The maximum absolute atomic E-state index is 10.8. The number of aromatic hydroxyl groups is 2. The van der Waals surface area contributed by atoms with Crippen molar-refractivity contribution in [2.24, 2.45) is 35.5 Å². The van der Waals surface area contributed by atoms with E-state index >= 15 is 0 Å². The molecule has 168 valence electrons. The van der Waals surface area contributed by atoms with E-state index in [1.165, 1.54) is 77.0 Å². The molecule has 32 heavy (non-hydrogen) atoms. The van der Waals surface area contributed by atoms with Crippen LogP contribution in [0.15, 0.2) is 24.3 Å². The second-order valence-corrected chi connectivity index (χ2v) is 13.4. The first-order valence-electron chi connectivity index (χ1n) is 13.5. The van der Waals surface area contributed by atoms with E-state index in [4.69, 9.17) is 0 Å². The van der Waals surface area contributed by atoms with Crippen LogP contribution in [0, 0.1) is 35.5 Å². The molecule has 8 saturated carbocycles. The molecule has 0 radical (unpaired) electrons. The molecule has 8 aliphatic rings. The van der Waals surface area contributed by atoms with Crippen LogP contribution in [0.3, 0.4) is 0 Å². The van der Waals surface area contributed by atoms with Gasteiger partial charge >= 0.3 is 0 Å². The lowest BCUT2D eigenvalue weighted by molar-refractivity contribution is -0.0173. The van der Waals surface area contributed by atoms with E-state index in [1.54, 1.807) is 23.3 Å². The van der Waals surface area contributed by atoms with Gasteiger partial charge in [-0.15, -0.1) is 0 Å². The van der Waals surface area contributed by atoms with Crippen LogP contribution in [0.1, 0.15) is 88.2 Å². The van der Waals surface area contributed by atoms with Crippen LogP contribution < -0.4 is 0 Å². The van der Waals surface area contributed by atoms with Gasteiger partial charge in [0.1, 0.15) is 11.5 Å². The maximum atomic E-state index is 10.8. The Kier molecular flexibility index (Phi) is 3.53. The van der Waals surface area contributed by atoms with E-state index in [0.29, 0.717) is 22.3 Å². The van der Waals surface area contributed by atoms with Crippen molar-refractivity contribution in [2.45, 2.75) is 87.9 Å². The number of hydrogen-bond donors (Lipinski definition) is 2. The Morgan fingerprint density at radius 1 is 0.500 bits per heavy atom. The molecule has 10 rings (SSSR count). The fourth-order valence-electron chi connectivity index (χ4n) is 11.1. The Balaban J connectivity index is 1.38. The largest absolute Gasteiger partial charge is 0.507 e. The Hall–Kier alpha value is -1.70. The minimum Gasteiger partial charge on any atom is -0.507 e. The van der Waals surface area contributed by atoms with E-state index in [2.05, 4.69) is 12.1 Å². The molecular formula is C30H36O2. The molecule has 2 aromatic rings. The summed E-state index contributed by atoms with van der Waals surface area (Å²) in [6.07, 6.45) is 17.0. The number of hydrogen-bond acceptors (Lipinski definition) is 2. The highest BCUT2D eigenvalue weighted by molar-refractivity contribution is 5.94. The normalized spacial score (nSPS) is 45.8. The van der Waals surface area contributed by atoms with Crippen molar-refractivity contribution in [3.8, 4) is 11.5 Å². The van der Waals surface area contributed by atoms with Crippen molar-refractivity contribution in [2.75, 3.05) is 0 Å². The minimum atomic E-state index is 0.319. The van der Waals surface area contributed by atoms with Crippen LogP contribution in [-0.4, -0.2) is 10.2 Å². The van der Waals surface area contributed by atoms with Crippen LogP contribution in [-0.2, 0) is 10.8 Å². The summed E-state index contributed by atoms with van der Waals surface area (Å²) >= 11 is 0. The van der Waals surface area contributed by atoms with Gasteiger partial charge in [-0.25, -0.2) is 0 Å². The molecule has 0 aromatic heterocycles. The Morgan fingerprint density at radius 2 is 0.781 bits per heavy atom. The summed E-state index contributed by atoms with van der Waals surface area (Å²) in [5, 5.41) is 23.4. The first-order valence-corrected chi connectivity index (χ1v) is 13.5. The van der Waals surface area contributed by atoms with Gasteiger partial charge in [-0.2, -0.15) is 0 Å². The van der Waals surface area contributed by atoms with E-state index in [1.807, 2.05) is 0 Å². The van der Waals surface area contributed by atoms with E-state index < -0.39 is 0 Å². The molecule has 0 unspecified atom stereocenters. The van der Waals surface area contributed by atoms with Gasteiger partial charge in [-0.1, -0.05) is 0 Å². The zero-order valence-corrected chi connectivity index (χ0v) is 19.2. The van der Waals surface area contributed by atoms with Gasteiger partial charge in [0.05, 0.1) is 0 Å². The van der Waals surface area contributed by atoms with E-state index in [0.717, 1.165) is 46.3 Å². The number of rotatable bonds is 2. The van der Waals surface area contributed by atoms with Crippen LogP contribution in [0.5, 0.6) is 11.5 Å². The molecular weight excluding hydrogens is 392 g/mol. The lowest BCUT2D eigenvalue weighted by Crippen LogP contribution is -2.52. The van der Waals surface area contributed by atoms with Crippen molar-refractivity contribution >= 4 is 10.8 Å². The van der Waals surface area contributed by atoms with Crippen molar-refractivity contribution < 1.29 is 10.2 Å². The number of benzene rings is 2.